The molecule has 1 rings (SSSR count). The van der Waals surface area contributed by atoms with E-state index >= 15 is 0 Å². The Hall–Kier alpha value is -0.180. The standard InChI is InChI=1S/C6H11F2N/c1-6(2)3(4(6)9)5(7)8/h3-5H,9H2,1-2H3. The fourth-order valence-electron chi connectivity index (χ4n) is 1.20. The van der Waals surface area contributed by atoms with Crippen LogP contribution >= 0.6 is 0 Å². The van der Waals surface area contributed by atoms with E-state index < -0.39 is 12.3 Å². The van der Waals surface area contributed by atoms with E-state index in [4.69, 9.17) is 5.73 Å². The van der Waals surface area contributed by atoms with Gasteiger partial charge in [0.05, 0.1) is 0 Å². The second kappa shape index (κ2) is 1.66. The fraction of sp³-hybridized carbons (Fsp3) is 1.00. The lowest BCUT2D eigenvalue weighted by atomic mass is 10.1. The molecule has 0 aromatic carbocycles. The molecule has 0 amide bonds. The Labute approximate surface area is 53.2 Å². The molecule has 0 saturated heterocycles. The Balaban J connectivity index is 2.52. The average molecular weight is 135 g/mol. The molecular formula is C6H11F2N. The summed E-state index contributed by atoms with van der Waals surface area (Å²) in [5.41, 5.74) is 5.04. The minimum atomic E-state index is -2.24. The molecule has 0 bridgehead atoms. The monoisotopic (exact) mass is 135 g/mol. The lowest BCUT2D eigenvalue weighted by molar-refractivity contribution is 0.107. The molecule has 0 spiro atoms. The maximum Gasteiger partial charge on any atom is 0.243 e. The number of halogens is 2. The van der Waals surface area contributed by atoms with Crippen molar-refractivity contribution in [1.82, 2.24) is 0 Å². The Morgan fingerprint density at radius 2 is 1.78 bits per heavy atom. The quantitative estimate of drug-likeness (QED) is 0.575. The largest absolute Gasteiger partial charge is 0.327 e. The van der Waals surface area contributed by atoms with Crippen LogP contribution < -0.4 is 5.73 Å². The van der Waals surface area contributed by atoms with Crippen LogP contribution in [-0.4, -0.2) is 12.5 Å². The van der Waals surface area contributed by atoms with E-state index in [2.05, 4.69) is 0 Å². The van der Waals surface area contributed by atoms with Gasteiger partial charge in [-0.25, -0.2) is 8.78 Å². The SMILES string of the molecule is CC1(C)C(N)C1C(F)F. The summed E-state index contributed by atoms with van der Waals surface area (Å²) in [4.78, 5) is 0. The van der Waals surface area contributed by atoms with Crippen LogP contribution in [0, 0.1) is 11.3 Å². The molecular weight excluding hydrogens is 124 g/mol. The van der Waals surface area contributed by atoms with Crippen molar-refractivity contribution in [3.8, 4) is 0 Å². The van der Waals surface area contributed by atoms with E-state index in [-0.39, 0.29) is 11.5 Å². The molecule has 0 heterocycles. The zero-order valence-electron chi connectivity index (χ0n) is 5.57. The van der Waals surface area contributed by atoms with Gasteiger partial charge in [0.25, 0.3) is 0 Å². The van der Waals surface area contributed by atoms with E-state index in [0.717, 1.165) is 0 Å². The van der Waals surface area contributed by atoms with Crippen LogP contribution in [0.25, 0.3) is 0 Å². The average Bonchev–Trinajstić information content (AvgIpc) is 2.07. The summed E-state index contributed by atoms with van der Waals surface area (Å²) in [6.07, 6.45) is -2.24. The zero-order chi connectivity index (χ0) is 7.23. The van der Waals surface area contributed by atoms with Crippen LogP contribution in [0.4, 0.5) is 8.78 Å². The Kier molecular flexibility index (Phi) is 1.28. The maximum atomic E-state index is 11.9. The van der Waals surface area contributed by atoms with Crippen LogP contribution in [0.2, 0.25) is 0 Å². The topological polar surface area (TPSA) is 26.0 Å². The second-order valence-electron chi connectivity index (χ2n) is 3.21. The van der Waals surface area contributed by atoms with Crippen molar-refractivity contribution in [2.75, 3.05) is 0 Å². The highest BCUT2D eigenvalue weighted by Crippen LogP contribution is 2.53. The summed E-state index contributed by atoms with van der Waals surface area (Å²) in [6, 6.07) is -0.294. The number of rotatable bonds is 1. The zero-order valence-corrected chi connectivity index (χ0v) is 5.57. The Morgan fingerprint density at radius 3 is 1.78 bits per heavy atom. The van der Waals surface area contributed by atoms with Crippen molar-refractivity contribution in [3.05, 3.63) is 0 Å². The Bertz CT molecular complexity index is 122. The van der Waals surface area contributed by atoms with E-state index in [1.807, 2.05) is 0 Å². The molecule has 1 aliphatic rings. The van der Waals surface area contributed by atoms with Crippen molar-refractivity contribution in [2.24, 2.45) is 17.1 Å². The molecule has 9 heavy (non-hydrogen) atoms. The first-order valence-corrected chi connectivity index (χ1v) is 3.01. The van der Waals surface area contributed by atoms with Crippen molar-refractivity contribution in [1.29, 1.82) is 0 Å². The number of hydrogen-bond donors (Lipinski definition) is 1. The summed E-state index contributed by atoms with van der Waals surface area (Å²) in [6.45, 7) is 3.54. The third kappa shape index (κ3) is 0.834. The normalized spacial score (nSPS) is 39.3. The lowest BCUT2D eigenvalue weighted by Crippen LogP contribution is -2.08. The number of hydrogen-bond acceptors (Lipinski definition) is 1. The second-order valence-corrected chi connectivity index (χ2v) is 3.21. The number of alkyl halides is 2. The molecule has 1 aliphatic carbocycles. The van der Waals surface area contributed by atoms with Gasteiger partial charge >= 0.3 is 0 Å². The van der Waals surface area contributed by atoms with Gasteiger partial charge < -0.3 is 5.73 Å². The highest BCUT2D eigenvalue weighted by molar-refractivity contribution is 5.09. The first-order chi connectivity index (χ1) is 3.98. The van der Waals surface area contributed by atoms with E-state index in [1.54, 1.807) is 13.8 Å². The minimum absolute atomic E-state index is 0.294. The summed E-state index contributed by atoms with van der Waals surface area (Å²) in [5.74, 6) is -0.572. The van der Waals surface area contributed by atoms with Crippen LogP contribution in [0.15, 0.2) is 0 Å². The molecule has 2 atom stereocenters. The molecule has 0 aromatic rings. The summed E-state index contributed by atoms with van der Waals surface area (Å²) < 4.78 is 23.8. The smallest absolute Gasteiger partial charge is 0.243 e. The first kappa shape index (κ1) is 6.93. The summed E-state index contributed by atoms with van der Waals surface area (Å²) >= 11 is 0. The van der Waals surface area contributed by atoms with Gasteiger partial charge in [-0.1, -0.05) is 13.8 Å². The highest BCUT2D eigenvalue weighted by Gasteiger charge is 2.60. The van der Waals surface area contributed by atoms with E-state index in [9.17, 15) is 8.78 Å². The summed E-state index contributed by atoms with van der Waals surface area (Å²) in [5, 5.41) is 0. The first-order valence-electron chi connectivity index (χ1n) is 3.01. The fourth-order valence-corrected chi connectivity index (χ4v) is 1.20. The molecule has 0 aliphatic heterocycles. The maximum absolute atomic E-state index is 11.9. The summed E-state index contributed by atoms with van der Waals surface area (Å²) in [7, 11) is 0. The van der Waals surface area contributed by atoms with Crippen molar-refractivity contribution >= 4 is 0 Å². The molecule has 54 valence electrons. The predicted molar refractivity (Wildman–Crippen MR) is 31.3 cm³/mol. The van der Waals surface area contributed by atoms with Gasteiger partial charge in [-0.05, 0) is 5.41 Å². The van der Waals surface area contributed by atoms with Crippen molar-refractivity contribution < 1.29 is 8.78 Å². The van der Waals surface area contributed by atoms with Crippen LogP contribution in [0.5, 0.6) is 0 Å². The lowest BCUT2D eigenvalue weighted by Gasteiger charge is -1.98. The van der Waals surface area contributed by atoms with Crippen LogP contribution in [0.3, 0.4) is 0 Å². The van der Waals surface area contributed by atoms with Gasteiger partial charge in [0.1, 0.15) is 0 Å². The molecule has 3 heteroatoms. The molecule has 1 saturated carbocycles. The minimum Gasteiger partial charge on any atom is -0.327 e. The van der Waals surface area contributed by atoms with E-state index in [1.165, 1.54) is 0 Å². The Morgan fingerprint density at radius 1 is 1.44 bits per heavy atom. The molecule has 2 unspecified atom stereocenters. The molecule has 1 fully saturated rings. The van der Waals surface area contributed by atoms with Crippen LogP contribution in [-0.2, 0) is 0 Å². The van der Waals surface area contributed by atoms with Gasteiger partial charge in [0, 0.05) is 12.0 Å². The van der Waals surface area contributed by atoms with Gasteiger partial charge in [-0.3, -0.25) is 0 Å². The van der Waals surface area contributed by atoms with E-state index in [0.29, 0.717) is 0 Å². The molecule has 2 N–H and O–H groups in total. The van der Waals surface area contributed by atoms with Gasteiger partial charge in [-0.2, -0.15) is 0 Å². The molecule has 1 nitrogen and oxygen atoms in total. The van der Waals surface area contributed by atoms with Crippen molar-refractivity contribution in [2.45, 2.75) is 26.3 Å². The molecule has 0 radical (unpaired) electrons. The third-order valence-corrected chi connectivity index (χ3v) is 2.27. The highest BCUT2D eigenvalue weighted by atomic mass is 19.3. The number of nitrogens with two attached hydrogens (primary N) is 1. The van der Waals surface area contributed by atoms with Gasteiger partial charge in [-0.15, -0.1) is 0 Å². The third-order valence-electron chi connectivity index (χ3n) is 2.27. The van der Waals surface area contributed by atoms with Crippen molar-refractivity contribution in [3.63, 3.8) is 0 Å². The van der Waals surface area contributed by atoms with Gasteiger partial charge in [0.15, 0.2) is 0 Å². The van der Waals surface area contributed by atoms with Crippen LogP contribution in [0.1, 0.15) is 13.8 Å². The van der Waals surface area contributed by atoms with Gasteiger partial charge in [0.2, 0.25) is 6.43 Å². The molecule has 0 aromatic heterocycles. The predicted octanol–water partition coefficient (Wildman–Crippen LogP) is 1.23.